The van der Waals surface area contributed by atoms with Crippen molar-refractivity contribution in [2.75, 3.05) is 19.7 Å². The predicted octanol–water partition coefficient (Wildman–Crippen LogP) is 4.13. The lowest BCUT2D eigenvalue weighted by Gasteiger charge is -2.33. The van der Waals surface area contributed by atoms with E-state index in [2.05, 4.69) is 0 Å². The quantitative estimate of drug-likeness (QED) is 0.533. The Hall–Kier alpha value is -1.60. The fourth-order valence-electron chi connectivity index (χ4n) is 3.17. The van der Waals surface area contributed by atoms with Gasteiger partial charge in [-0.3, -0.25) is 4.18 Å². The SMILES string of the molecule is Cc1ccccc1S(=O)(=O)OCCCC1CCN(C(=O)OC(C)(C)C)CC1. The van der Waals surface area contributed by atoms with E-state index in [1.807, 2.05) is 20.8 Å². The molecule has 0 atom stereocenters. The number of ether oxygens (including phenoxy) is 1. The van der Waals surface area contributed by atoms with Gasteiger partial charge in [-0.15, -0.1) is 0 Å². The molecule has 152 valence electrons. The van der Waals surface area contributed by atoms with Crippen molar-refractivity contribution in [3.63, 3.8) is 0 Å². The lowest BCUT2D eigenvalue weighted by molar-refractivity contribution is 0.0179. The first kappa shape index (κ1) is 21.7. The van der Waals surface area contributed by atoms with Crippen molar-refractivity contribution in [1.29, 1.82) is 0 Å². The monoisotopic (exact) mass is 397 g/mol. The molecule has 1 saturated heterocycles. The number of likely N-dealkylation sites (tertiary alicyclic amines) is 1. The van der Waals surface area contributed by atoms with Gasteiger partial charge in [0.1, 0.15) is 5.60 Å². The van der Waals surface area contributed by atoms with Crippen molar-refractivity contribution >= 4 is 16.2 Å². The summed E-state index contributed by atoms with van der Waals surface area (Å²) in [6.45, 7) is 8.90. The van der Waals surface area contributed by atoms with E-state index in [0.717, 1.165) is 19.3 Å². The number of carbonyl (C=O) groups excluding carboxylic acids is 1. The minimum atomic E-state index is -3.70. The zero-order valence-electron chi connectivity index (χ0n) is 16.7. The third-order valence-electron chi connectivity index (χ3n) is 4.62. The van der Waals surface area contributed by atoms with Crippen LogP contribution in [0.5, 0.6) is 0 Å². The lowest BCUT2D eigenvalue weighted by Crippen LogP contribution is -2.41. The van der Waals surface area contributed by atoms with Crippen LogP contribution in [0.15, 0.2) is 29.2 Å². The smallest absolute Gasteiger partial charge is 0.410 e. The average molecular weight is 398 g/mol. The summed E-state index contributed by atoms with van der Waals surface area (Å²) in [7, 11) is -3.70. The molecule has 27 heavy (non-hydrogen) atoms. The summed E-state index contributed by atoms with van der Waals surface area (Å²) >= 11 is 0. The standard InChI is InChI=1S/C20H31NO5S/c1-16-8-5-6-10-18(16)27(23,24)25-15-7-9-17-11-13-21(14-12-17)19(22)26-20(2,3)4/h5-6,8,10,17H,7,9,11-15H2,1-4H3. The van der Waals surface area contributed by atoms with Crippen LogP contribution in [-0.2, 0) is 19.0 Å². The molecule has 1 heterocycles. The molecule has 1 fully saturated rings. The molecule has 1 amide bonds. The first-order valence-corrected chi connectivity index (χ1v) is 10.9. The van der Waals surface area contributed by atoms with E-state index in [1.165, 1.54) is 0 Å². The minimum absolute atomic E-state index is 0.183. The number of carbonyl (C=O) groups is 1. The van der Waals surface area contributed by atoms with Crippen molar-refractivity contribution < 1.29 is 22.1 Å². The van der Waals surface area contributed by atoms with Gasteiger partial charge in [0, 0.05) is 13.1 Å². The normalized spacial score (nSPS) is 16.4. The number of piperidine rings is 1. The molecule has 0 aromatic heterocycles. The highest BCUT2D eigenvalue weighted by atomic mass is 32.2. The number of hydrogen-bond donors (Lipinski definition) is 0. The summed E-state index contributed by atoms with van der Waals surface area (Å²) in [6, 6.07) is 6.82. The van der Waals surface area contributed by atoms with Gasteiger partial charge in [-0.05, 0) is 70.9 Å². The van der Waals surface area contributed by atoms with Crippen LogP contribution in [0.2, 0.25) is 0 Å². The average Bonchev–Trinajstić information content (AvgIpc) is 2.58. The highest BCUT2D eigenvalue weighted by Gasteiger charge is 2.26. The summed E-state index contributed by atoms with van der Waals surface area (Å²) in [5.74, 6) is 0.480. The number of aryl methyl sites for hydroxylation is 1. The Morgan fingerprint density at radius 1 is 1.19 bits per heavy atom. The Labute approximate surface area is 163 Å². The van der Waals surface area contributed by atoms with Gasteiger partial charge in [-0.25, -0.2) is 4.79 Å². The molecule has 0 N–H and O–H groups in total. The molecule has 0 spiro atoms. The lowest BCUT2D eigenvalue weighted by atomic mass is 9.92. The Balaban J connectivity index is 1.70. The second-order valence-corrected chi connectivity index (χ2v) is 9.68. The fraction of sp³-hybridized carbons (Fsp3) is 0.650. The van der Waals surface area contributed by atoms with Gasteiger partial charge >= 0.3 is 6.09 Å². The van der Waals surface area contributed by atoms with E-state index in [4.69, 9.17) is 8.92 Å². The molecule has 0 aliphatic carbocycles. The summed E-state index contributed by atoms with van der Waals surface area (Å²) in [5.41, 5.74) is 0.209. The molecular weight excluding hydrogens is 366 g/mol. The zero-order valence-corrected chi connectivity index (χ0v) is 17.5. The highest BCUT2D eigenvalue weighted by molar-refractivity contribution is 7.86. The number of amides is 1. The van der Waals surface area contributed by atoms with Crippen LogP contribution in [0.4, 0.5) is 4.79 Å². The molecule has 1 aliphatic heterocycles. The van der Waals surface area contributed by atoms with Crippen LogP contribution in [0, 0.1) is 12.8 Å². The van der Waals surface area contributed by atoms with Crippen LogP contribution in [-0.4, -0.2) is 44.7 Å². The van der Waals surface area contributed by atoms with Gasteiger partial charge in [-0.2, -0.15) is 8.42 Å². The summed E-state index contributed by atoms with van der Waals surface area (Å²) in [6.07, 6.45) is 3.13. The zero-order chi connectivity index (χ0) is 20.1. The van der Waals surface area contributed by atoms with Gasteiger partial charge in [0.05, 0.1) is 11.5 Å². The third kappa shape index (κ3) is 6.81. The number of benzene rings is 1. The van der Waals surface area contributed by atoms with Gasteiger partial charge in [0.15, 0.2) is 0 Å². The summed E-state index contributed by atoms with van der Waals surface area (Å²) in [4.78, 5) is 14.1. The topological polar surface area (TPSA) is 72.9 Å². The summed E-state index contributed by atoms with van der Waals surface area (Å²) < 4.78 is 35.1. The maximum atomic E-state index is 12.3. The minimum Gasteiger partial charge on any atom is -0.444 e. The van der Waals surface area contributed by atoms with Crippen LogP contribution in [0.1, 0.15) is 52.0 Å². The molecule has 0 saturated carbocycles. The van der Waals surface area contributed by atoms with Crippen molar-refractivity contribution in [3.05, 3.63) is 29.8 Å². The maximum absolute atomic E-state index is 12.3. The molecule has 1 aromatic rings. The van der Waals surface area contributed by atoms with E-state index < -0.39 is 15.7 Å². The number of hydrogen-bond acceptors (Lipinski definition) is 5. The second kappa shape index (κ2) is 9.06. The van der Waals surface area contributed by atoms with Gasteiger partial charge in [0.25, 0.3) is 10.1 Å². The highest BCUT2D eigenvalue weighted by Crippen LogP contribution is 2.24. The van der Waals surface area contributed by atoms with Gasteiger partial charge in [-0.1, -0.05) is 18.2 Å². The molecule has 0 bridgehead atoms. The van der Waals surface area contributed by atoms with E-state index in [9.17, 15) is 13.2 Å². The number of nitrogens with zero attached hydrogens (tertiary/aromatic N) is 1. The summed E-state index contributed by atoms with van der Waals surface area (Å²) in [5, 5.41) is 0. The predicted molar refractivity (Wildman–Crippen MR) is 104 cm³/mol. The van der Waals surface area contributed by atoms with E-state index >= 15 is 0 Å². The van der Waals surface area contributed by atoms with Crippen LogP contribution in [0.25, 0.3) is 0 Å². The molecule has 0 radical (unpaired) electrons. The van der Waals surface area contributed by atoms with E-state index in [-0.39, 0.29) is 17.6 Å². The number of rotatable bonds is 6. The van der Waals surface area contributed by atoms with Gasteiger partial charge < -0.3 is 9.64 Å². The van der Waals surface area contributed by atoms with Crippen molar-refractivity contribution in [3.8, 4) is 0 Å². The molecule has 1 aliphatic rings. The molecule has 0 unspecified atom stereocenters. The van der Waals surface area contributed by atoms with Crippen molar-refractivity contribution in [1.82, 2.24) is 4.90 Å². The van der Waals surface area contributed by atoms with E-state index in [1.54, 1.807) is 36.1 Å². The molecular formula is C20H31NO5S. The molecule has 6 nitrogen and oxygen atoms in total. The van der Waals surface area contributed by atoms with Gasteiger partial charge in [0.2, 0.25) is 0 Å². The largest absolute Gasteiger partial charge is 0.444 e. The van der Waals surface area contributed by atoms with Crippen molar-refractivity contribution in [2.24, 2.45) is 5.92 Å². The Morgan fingerprint density at radius 3 is 2.41 bits per heavy atom. The Kier molecular flexibility index (Phi) is 7.28. The maximum Gasteiger partial charge on any atom is 0.410 e. The Bertz CT molecular complexity index is 731. The third-order valence-corrected chi connectivity index (χ3v) is 6.10. The van der Waals surface area contributed by atoms with E-state index in [0.29, 0.717) is 31.0 Å². The molecule has 2 rings (SSSR count). The molecule has 7 heteroatoms. The first-order valence-electron chi connectivity index (χ1n) is 9.51. The fourth-order valence-corrected chi connectivity index (χ4v) is 4.34. The van der Waals surface area contributed by atoms with Crippen molar-refractivity contribution in [2.45, 2.75) is 63.9 Å². The second-order valence-electron chi connectivity index (χ2n) is 8.09. The van der Waals surface area contributed by atoms with Crippen LogP contribution >= 0.6 is 0 Å². The Morgan fingerprint density at radius 2 is 1.81 bits per heavy atom. The molecule has 1 aromatic carbocycles. The van der Waals surface area contributed by atoms with Crippen LogP contribution < -0.4 is 0 Å². The van der Waals surface area contributed by atoms with Crippen LogP contribution in [0.3, 0.4) is 0 Å². The first-order chi connectivity index (χ1) is 12.6.